The van der Waals surface area contributed by atoms with Gasteiger partial charge in [-0.1, -0.05) is 57.2 Å². The van der Waals surface area contributed by atoms with Crippen molar-refractivity contribution in [3.05, 3.63) is 89.6 Å². The number of carbonyl (C=O) groups excluding carboxylic acids is 1. The van der Waals surface area contributed by atoms with Crippen LogP contribution in [0.25, 0.3) is 22.8 Å². The average Bonchev–Trinajstić information content (AvgIpc) is 3.34. The van der Waals surface area contributed by atoms with E-state index in [9.17, 15) is 4.79 Å². The Morgan fingerprint density at radius 1 is 0.973 bits per heavy atom. The molecule has 0 aliphatic carbocycles. The lowest BCUT2D eigenvalue weighted by molar-refractivity contribution is 0.0950. The highest BCUT2D eigenvalue weighted by Gasteiger charge is 2.23. The Morgan fingerprint density at radius 3 is 2.38 bits per heavy atom. The Balaban J connectivity index is 1.63. The summed E-state index contributed by atoms with van der Waals surface area (Å²) in [7, 11) is 5.61. The largest absolute Gasteiger partial charge is 0.497 e. The van der Waals surface area contributed by atoms with Crippen LogP contribution in [-0.2, 0) is 11.8 Å². The number of ether oxygens (including phenoxy) is 1. The number of methoxy groups -OCH3 is 1. The molecule has 0 spiro atoms. The van der Waals surface area contributed by atoms with Gasteiger partial charge in [0.2, 0.25) is 5.89 Å². The minimum Gasteiger partial charge on any atom is -0.497 e. The van der Waals surface area contributed by atoms with Gasteiger partial charge in [0, 0.05) is 37.5 Å². The van der Waals surface area contributed by atoms with E-state index >= 15 is 0 Å². The van der Waals surface area contributed by atoms with Crippen LogP contribution in [0.15, 0.2) is 77.2 Å². The molecule has 0 atom stereocenters. The Kier molecular flexibility index (Phi) is 7.67. The fourth-order valence-corrected chi connectivity index (χ4v) is 4.06. The molecule has 0 aliphatic rings. The number of aromatic nitrogens is 1. The zero-order valence-electron chi connectivity index (χ0n) is 22.5. The fourth-order valence-electron chi connectivity index (χ4n) is 4.06. The first-order valence-electron chi connectivity index (χ1n) is 12.5. The maximum absolute atomic E-state index is 13.3. The lowest BCUT2D eigenvalue weighted by atomic mass is 9.87. The molecular formula is C31H35N3O3. The summed E-state index contributed by atoms with van der Waals surface area (Å²) >= 11 is 0. The van der Waals surface area contributed by atoms with E-state index in [0.29, 0.717) is 24.6 Å². The van der Waals surface area contributed by atoms with Crippen LogP contribution in [0, 0.1) is 0 Å². The van der Waals surface area contributed by atoms with Crippen molar-refractivity contribution in [3.8, 4) is 28.5 Å². The summed E-state index contributed by atoms with van der Waals surface area (Å²) in [5, 5.41) is 3.01. The monoisotopic (exact) mass is 497 g/mol. The van der Waals surface area contributed by atoms with Gasteiger partial charge in [-0.2, -0.15) is 0 Å². The van der Waals surface area contributed by atoms with Crippen molar-refractivity contribution in [3.63, 3.8) is 0 Å². The fraction of sp³-hybridized carbons (Fsp3) is 0.290. The molecular weight excluding hydrogens is 462 g/mol. The molecule has 6 nitrogen and oxygen atoms in total. The Morgan fingerprint density at radius 2 is 1.70 bits per heavy atom. The van der Waals surface area contributed by atoms with Crippen LogP contribution in [0.4, 0.5) is 5.69 Å². The number of amides is 1. The van der Waals surface area contributed by atoms with Gasteiger partial charge >= 0.3 is 0 Å². The Hall–Kier alpha value is -4.06. The third-order valence-corrected chi connectivity index (χ3v) is 6.30. The Bertz CT molecular complexity index is 1370. The molecule has 4 rings (SSSR count). The van der Waals surface area contributed by atoms with Gasteiger partial charge in [0.05, 0.1) is 7.11 Å². The number of nitrogens with one attached hydrogen (secondary N) is 1. The first kappa shape index (κ1) is 26.0. The number of hydrogen-bond donors (Lipinski definition) is 1. The van der Waals surface area contributed by atoms with Gasteiger partial charge in [-0.05, 0) is 59.4 Å². The van der Waals surface area contributed by atoms with Gasteiger partial charge in [-0.3, -0.25) is 4.79 Å². The third-order valence-electron chi connectivity index (χ3n) is 6.30. The molecule has 0 unspecified atom stereocenters. The van der Waals surface area contributed by atoms with Gasteiger partial charge in [0.25, 0.3) is 5.91 Å². The topological polar surface area (TPSA) is 67.6 Å². The van der Waals surface area contributed by atoms with Crippen molar-refractivity contribution in [1.29, 1.82) is 0 Å². The van der Waals surface area contributed by atoms with E-state index in [1.165, 1.54) is 5.56 Å². The summed E-state index contributed by atoms with van der Waals surface area (Å²) in [6.45, 7) is 7.00. The van der Waals surface area contributed by atoms with Crippen LogP contribution in [0.5, 0.6) is 5.75 Å². The summed E-state index contributed by atoms with van der Waals surface area (Å²) in [6, 6.07) is 23.9. The number of nitrogens with zero attached hydrogens (tertiary/aromatic N) is 2. The van der Waals surface area contributed by atoms with Gasteiger partial charge in [-0.25, -0.2) is 4.98 Å². The second kappa shape index (κ2) is 10.9. The van der Waals surface area contributed by atoms with Crippen molar-refractivity contribution in [2.75, 3.05) is 32.6 Å². The first-order valence-corrected chi connectivity index (χ1v) is 12.5. The number of hydrogen-bond acceptors (Lipinski definition) is 5. The molecule has 0 saturated heterocycles. The molecule has 6 heteroatoms. The van der Waals surface area contributed by atoms with Crippen LogP contribution < -0.4 is 15.0 Å². The molecule has 1 aromatic heterocycles. The number of anilines is 1. The smallest absolute Gasteiger partial charge is 0.273 e. The first-order chi connectivity index (χ1) is 17.7. The van der Waals surface area contributed by atoms with Crippen LogP contribution in [0.1, 0.15) is 42.4 Å². The standard InChI is InChI=1S/C31H35N3O3/c1-31(2,3)24-15-13-22(14-16-24)30-33-27(28(37-30)23-10-8-11-25(20-23)34(4)5)29(35)32-18-17-21-9-7-12-26(19-21)36-6/h7-16,19-20H,17-18H2,1-6H3,(H,32,35). The molecule has 0 aliphatic heterocycles. The molecule has 192 valence electrons. The van der Waals surface area contributed by atoms with Crippen molar-refractivity contribution in [2.24, 2.45) is 0 Å². The van der Waals surface area contributed by atoms with Gasteiger partial charge in [-0.15, -0.1) is 0 Å². The lowest BCUT2D eigenvalue weighted by Crippen LogP contribution is -2.26. The minimum absolute atomic E-state index is 0.0424. The summed E-state index contributed by atoms with van der Waals surface area (Å²) in [4.78, 5) is 20.0. The van der Waals surface area contributed by atoms with E-state index < -0.39 is 0 Å². The van der Waals surface area contributed by atoms with Crippen molar-refractivity contribution >= 4 is 11.6 Å². The van der Waals surface area contributed by atoms with E-state index in [0.717, 1.165) is 28.1 Å². The van der Waals surface area contributed by atoms with E-state index in [4.69, 9.17) is 9.15 Å². The maximum atomic E-state index is 13.3. The number of oxazole rings is 1. The van der Waals surface area contributed by atoms with Gasteiger partial charge in [0.15, 0.2) is 11.5 Å². The van der Waals surface area contributed by atoms with Crippen LogP contribution in [0.3, 0.4) is 0 Å². The van der Waals surface area contributed by atoms with Gasteiger partial charge in [0.1, 0.15) is 5.75 Å². The minimum atomic E-state index is -0.269. The maximum Gasteiger partial charge on any atom is 0.273 e. The van der Waals surface area contributed by atoms with Crippen LogP contribution >= 0.6 is 0 Å². The lowest BCUT2D eigenvalue weighted by Gasteiger charge is -2.18. The zero-order valence-corrected chi connectivity index (χ0v) is 22.5. The predicted octanol–water partition coefficient (Wildman–Crippen LogP) is 6.35. The third kappa shape index (κ3) is 6.20. The summed E-state index contributed by atoms with van der Waals surface area (Å²) in [5.74, 6) is 1.40. The predicted molar refractivity (Wildman–Crippen MR) is 149 cm³/mol. The van der Waals surface area contributed by atoms with E-state index in [1.54, 1.807) is 7.11 Å². The molecule has 1 N–H and O–H groups in total. The molecule has 3 aromatic carbocycles. The van der Waals surface area contributed by atoms with Crippen LogP contribution in [-0.4, -0.2) is 38.6 Å². The molecule has 1 amide bonds. The second-order valence-electron chi connectivity index (χ2n) is 10.3. The molecule has 37 heavy (non-hydrogen) atoms. The molecule has 0 bridgehead atoms. The summed E-state index contributed by atoms with van der Waals surface area (Å²) < 4.78 is 11.6. The highest BCUT2D eigenvalue weighted by Crippen LogP contribution is 2.33. The SMILES string of the molecule is COc1cccc(CCNC(=O)c2nc(-c3ccc(C(C)(C)C)cc3)oc2-c2cccc(N(C)C)c2)c1. The van der Waals surface area contributed by atoms with Gasteiger partial charge < -0.3 is 19.4 Å². The molecule has 0 radical (unpaired) electrons. The van der Waals surface area contributed by atoms with Crippen molar-refractivity contribution in [2.45, 2.75) is 32.6 Å². The molecule has 1 heterocycles. The van der Waals surface area contributed by atoms with E-state index in [-0.39, 0.29) is 17.0 Å². The number of rotatable bonds is 8. The zero-order chi connectivity index (χ0) is 26.6. The van der Waals surface area contributed by atoms with Crippen molar-refractivity contribution in [1.82, 2.24) is 10.3 Å². The quantitative estimate of drug-likeness (QED) is 0.307. The Labute approximate surface area is 219 Å². The average molecular weight is 498 g/mol. The number of carbonyl (C=O) groups is 1. The number of benzene rings is 3. The summed E-state index contributed by atoms with van der Waals surface area (Å²) in [5.41, 5.74) is 5.25. The normalized spacial score (nSPS) is 11.3. The van der Waals surface area contributed by atoms with E-state index in [1.807, 2.05) is 79.7 Å². The van der Waals surface area contributed by atoms with Crippen LogP contribution in [0.2, 0.25) is 0 Å². The second-order valence-corrected chi connectivity index (χ2v) is 10.3. The molecule has 4 aromatic rings. The highest BCUT2D eigenvalue weighted by molar-refractivity contribution is 5.98. The molecule has 0 fully saturated rings. The summed E-state index contributed by atoms with van der Waals surface area (Å²) in [6.07, 6.45) is 0.674. The van der Waals surface area contributed by atoms with E-state index in [2.05, 4.69) is 43.2 Å². The van der Waals surface area contributed by atoms with Crippen molar-refractivity contribution < 1.29 is 13.9 Å². The molecule has 0 saturated carbocycles. The highest BCUT2D eigenvalue weighted by atomic mass is 16.5.